The summed E-state index contributed by atoms with van der Waals surface area (Å²) in [4.78, 5) is 3.93. The number of hydrogen-bond acceptors (Lipinski definition) is 3. The van der Waals surface area contributed by atoms with Crippen molar-refractivity contribution in [3.8, 4) is 0 Å². The molecule has 0 bridgehead atoms. The van der Waals surface area contributed by atoms with Crippen molar-refractivity contribution in [2.24, 2.45) is 0 Å². The predicted octanol–water partition coefficient (Wildman–Crippen LogP) is 1.47. The fraction of sp³-hybridized carbons (Fsp3) is 0.167. The number of nitrogens with one attached hydrogen (secondary N) is 1. The summed E-state index contributed by atoms with van der Waals surface area (Å²) in [6.07, 6.45) is 3.34. The smallest absolute Gasteiger partial charge is 0.0769 e. The molecule has 0 radical (unpaired) electrons. The molecule has 54 valence electrons. The second-order valence-corrected chi connectivity index (χ2v) is 2.69. The van der Waals surface area contributed by atoms with Crippen molar-refractivity contribution < 1.29 is 0 Å². The molecule has 0 atom stereocenters. The zero-order valence-electron chi connectivity index (χ0n) is 5.56. The zero-order chi connectivity index (χ0) is 7.56. The van der Waals surface area contributed by atoms with Crippen LogP contribution in [0.3, 0.4) is 0 Å². The quantitative estimate of drug-likeness (QED) is 0.724. The highest BCUT2D eigenvalue weighted by Crippen LogP contribution is 2.24. The van der Waals surface area contributed by atoms with Crippen LogP contribution in [-0.4, -0.2) is 12.0 Å². The van der Waals surface area contributed by atoms with E-state index in [0.29, 0.717) is 5.69 Å². The SMILES string of the molecule is CNc1cncc(Br)c1N. The molecule has 0 amide bonds. The summed E-state index contributed by atoms with van der Waals surface area (Å²) in [6.45, 7) is 0. The van der Waals surface area contributed by atoms with E-state index in [1.807, 2.05) is 0 Å². The number of rotatable bonds is 1. The molecule has 1 aromatic heterocycles. The van der Waals surface area contributed by atoms with E-state index in [1.165, 1.54) is 0 Å². The third-order valence-electron chi connectivity index (χ3n) is 1.21. The number of aromatic nitrogens is 1. The summed E-state index contributed by atoms with van der Waals surface area (Å²) in [5.74, 6) is 0. The number of nitrogens with zero attached hydrogens (tertiary/aromatic N) is 1. The second-order valence-electron chi connectivity index (χ2n) is 1.83. The highest BCUT2D eigenvalue weighted by Gasteiger charge is 1.99. The van der Waals surface area contributed by atoms with Crippen molar-refractivity contribution in [3.63, 3.8) is 0 Å². The molecule has 0 aliphatic carbocycles. The third kappa shape index (κ3) is 1.21. The van der Waals surface area contributed by atoms with E-state index in [1.54, 1.807) is 19.4 Å². The van der Waals surface area contributed by atoms with Crippen LogP contribution in [0.4, 0.5) is 11.4 Å². The van der Waals surface area contributed by atoms with E-state index < -0.39 is 0 Å². The standard InChI is InChI=1S/C6H8BrN3/c1-9-5-3-10-2-4(7)6(5)8/h2-3,9H,1H3,(H2,8,10). The Labute approximate surface area is 67.8 Å². The number of nitrogen functional groups attached to an aromatic ring is 1. The minimum atomic E-state index is 0.692. The molecule has 4 heteroatoms. The number of halogens is 1. The Bertz CT molecular complexity index is 236. The molecular weight excluding hydrogens is 194 g/mol. The van der Waals surface area contributed by atoms with Crippen LogP contribution in [0, 0.1) is 0 Å². The van der Waals surface area contributed by atoms with Crippen LogP contribution >= 0.6 is 15.9 Å². The first-order valence-electron chi connectivity index (χ1n) is 2.82. The molecule has 0 spiro atoms. The van der Waals surface area contributed by atoms with Gasteiger partial charge in [0.25, 0.3) is 0 Å². The van der Waals surface area contributed by atoms with Crippen LogP contribution in [-0.2, 0) is 0 Å². The maximum Gasteiger partial charge on any atom is 0.0769 e. The average molecular weight is 202 g/mol. The summed E-state index contributed by atoms with van der Waals surface area (Å²) in [5, 5.41) is 2.92. The van der Waals surface area contributed by atoms with Gasteiger partial charge in [-0.15, -0.1) is 0 Å². The normalized spacial score (nSPS) is 9.40. The minimum Gasteiger partial charge on any atom is -0.396 e. The Kier molecular flexibility index (Phi) is 2.11. The molecule has 0 aliphatic rings. The molecule has 1 heterocycles. The molecule has 10 heavy (non-hydrogen) atoms. The Balaban J connectivity index is 3.14. The Hall–Kier alpha value is -0.770. The third-order valence-corrected chi connectivity index (χ3v) is 1.84. The molecule has 1 aromatic rings. The van der Waals surface area contributed by atoms with Crippen LogP contribution in [0.15, 0.2) is 16.9 Å². The van der Waals surface area contributed by atoms with Gasteiger partial charge in [-0.1, -0.05) is 0 Å². The largest absolute Gasteiger partial charge is 0.396 e. The fourth-order valence-electron chi connectivity index (χ4n) is 0.644. The molecule has 1 rings (SSSR count). The molecule has 0 unspecified atom stereocenters. The van der Waals surface area contributed by atoms with Crippen LogP contribution in [0.5, 0.6) is 0 Å². The Morgan fingerprint density at radius 3 is 2.80 bits per heavy atom. The van der Waals surface area contributed by atoms with Crippen molar-refractivity contribution in [1.82, 2.24) is 4.98 Å². The molecule has 0 saturated carbocycles. The lowest BCUT2D eigenvalue weighted by atomic mass is 10.3. The maximum atomic E-state index is 5.64. The van der Waals surface area contributed by atoms with E-state index in [0.717, 1.165) is 10.2 Å². The van der Waals surface area contributed by atoms with Crippen molar-refractivity contribution in [1.29, 1.82) is 0 Å². The molecule has 3 nitrogen and oxygen atoms in total. The maximum absolute atomic E-state index is 5.64. The highest BCUT2D eigenvalue weighted by atomic mass is 79.9. The lowest BCUT2D eigenvalue weighted by molar-refractivity contribution is 1.30. The van der Waals surface area contributed by atoms with Crippen molar-refractivity contribution in [3.05, 3.63) is 16.9 Å². The monoisotopic (exact) mass is 201 g/mol. The zero-order valence-corrected chi connectivity index (χ0v) is 7.14. The van der Waals surface area contributed by atoms with E-state index in [9.17, 15) is 0 Å². The molecule has 0 aliphatic heterocycles. The Morgan fingerprint density at radius 1 is 1.60 bits per heavy atom. The van der Waals surface area contributed by atoms with Crippen molar-refractivity contribution in [2.45, 2.75) is 0 Å². The first-order chi connectivity index (χ1) is 4.75. The van der Waals surface area contributed by atoms with Crippen LogP contribution < -0.4 is 11.1 Å². The topological polar surface area (TPSA) is 50.9 Å². The van der Waals surface area contributed by atoms with Crippen LogP contribution in [0.2, 0.25) is 0 Å². The van der Waals surface area contributed by atoms with Gasteiger partial charge in [-0.05, 0) is 15.9 Å². The summed E-state index contributed by atoms with van der Waals surface area (Å²) < 4.78 is 0.819. The van der Waals surface area contributed by atoms with Crippen LogP contribution in [0.25, 0.3) is 0 Å². The first kappa shape index (κ1) is 7.34. The number of nitrogens with two attached hydrogens (primary N) is 1. The number of hydrogen-bond donors (Lipinski definition) is 2. The Morgan fingerprint density at radius 2 is 2.30 bits per heavy atom. The van der Waals surface area contributed by atoms with E-state index in [4.69, 9.17) is 5.73 Å². The summed E-state index contributed by atoms with van der Waals surface area (Å²) in [6, 6.07) is 0. The van der Waals surface area contributed by atoms with Gasteiger partial charge in [0.05, 0.1) is 22.0 Å². The van der Waals surface area contributed by atoms with E-state index in [2.05, 4.69) is 26.2 Å². The van der Waals surface area contributed by atoms with Gasteiger partial charge in [-0.3, -0.25) is 4.98 Å². The summed E-state index contributed by atoms with van der Waals surface area (Å²) in [5.41, 5.74) is 7.18. The minimum absolute atomic E-state index is 0.692. The second kappa shape index (κ2) is 2.88. The molecule has 0 saturated heterocycles. The average Bonchev–Trinajstić information content (AvgIpc) is 1.95. The van der Waals surface area contributed by atoms with Gasteiger partial charge in [0.15, 0.2) is 0 Å². The summed E-state index contributed by atoms with van der Waals surface area (Å²) >= 11 is 3.26. The fourth-order valence-corrected chi connectivity index (χ4v) is 0.976. The van der Waals surface area contributed by atoms with E-state index >= 15 is 0 Å². The molecule has 0 aromatic carbocycles. The number of anilines is 2. The van der Waals surface area contributed by atoms with Gasteiger partial charge < -0.3 is 11.1 Å². The van der Waals surface area contributed by atoms with Crippen molar-refractivity contribution >= 4 is 27.3 Å². The molecule has 0 fully saturated rings. The highest BCUT2D eigenvalue weighted by molar-refractivity contribution is 9.10. The van der Waals surface area contributed by atoms with Crippen LogP contribution in [0.1, 0.15) is 0 Å². The molecule has 3 N–H and O–H groups in total. The predicted molar refractivity (Wildman–Crippen MR) is 45.9 cm³/mol. The lowest BCUT2D eigenvalue weighted by Gasteiger charge is -2.03. The number of pyridine rings is 1. The van der Waals surface area contributed by atoms with Gasteiger partial charge in [0.2, 0.25) is 0 Å². The van der Waals surface area contributed by atoms with E-state index in [-0.39, 0.29) is 0 Å². The molecular formula is C6H8BrN3. The first-order valence-corrected chi connectivity index (χ1v) is 3.61. The van der Waals surface area contributed by atoms with Gasteiger partial charge in [0, 0.05) is 13.2 Å². The van der Waals surface area contributed by atoms with Crippen molar-refractivity contribution in [2.75, 3.05) is 18.1 Å². The lowest BCUT2D eigenvalue weighted by Crippen LogP contribution is -1.96. The van der Waals surface area contributed by atoms with Gasteiger partial charge in [-0.2, -0.15) is 0 Å². The summed E-state index contributed by atoms with van der Waals surface area (Å²) in [7, 11) is 1.81. The van der Waals surface area contributed by atoms with Gasteiger partial charge in [0.1, 0.15) is 0 Å². The van der Waals surface area contributed by atoms with Gasteiger partial charge >= 0.3 is 0 Å². The van der Waals surface area contributed by atoms with Gasteiger partial charge in [-0.25, -0.2) is 0 Å².